The van der Waals surface area contributed by atoms with Gasteiger partial charge in [0.25, 0.3) is 0 Å². The molecule has 5 atom stereocenters. The summed E-state index contributed by atoms with van der Waals surface area (Å²) >= 11 is 1.55. The maximum absolute atomic E-state index is 14.8. The Balaban J connectivity index is 1.21. The monoisotopic (exact) mass is 836 g/mol. The highest BCUT2D eigenvalue weighted by Gasteiger charge is 2.62. The SMILES string of the molecule is CC(C)c1csc(-c2cc(O[C@@H]3C[C@H]4C(=O)C[C@]5(C(=O)NS(=O)(=O)C6(C)CC6)C[C@H]5/C=C\CCCCC[C@H](CC(=O)OC(C)(C)C)C(=O)N4C3)c3c(n2)CCCC3)n1. The smallest absolute Gasteiger partial charge is 0.307 e. The van der Waals surface area contributed by atoms with E-state index >= 15 is 0 Å². The Morgan fingerprint density at radius 2 is 1.83 bits per heavy atom. The van der Waals surface area contributed by atoms with Crippen LogP contribution in [0.1, 0.15) is 148 Å². The number of esters is 1. The van der Waals surface area contributed by atoms with Crippen molar-refractivity contribution in [3.05, 3.63) is 40.5 Å². The number of pyridine rings is 1. The molecule has 1 saturated heterocycles. The summed E-state index contributed by atoms with van der Waals surface area (Å²) < 4.78 is 40.4. The molecule has 3 fully saturated rings. The fourth-order valence-corrected chi connectivity index (χ4v) is 11.0. The summed E-state index contributed by atoms with van der Waals surface area (Å²) in [7, 11) is -3.94. The molecule has 0 aromatic carbocycles. The van der Waals surface area contributed by atoms with Gasteiger partial charge < -0.3 is 14.4 Å². The van der Waals surface area contributed by atoms with E-state index in [4.69, 9.17) is 19.4 Å². The lowest BCUT2D eigenvalue weighted by Crippen LogP contribution is -2.47. The number of rotatable bonds is 9. The summed E-state index contributed by atoms with van der Waals surface area (Å²) in [6.45, 7) is 11.3. The number of ether oxygens (including phenoxy) is 2. The third kappa shape index (κ3) is 9.22. The van der Waals surface area contributed by atoms with Gasteiger partial charge in [-0.2, -0.15) is 0 Å². The van der Waals surface area contributed by atoms with Gasteiger partial charge in [-0.15, -0.1) is 11.3 Å². The maximum atomic E-state index is 14.8. The Hall–Kier alpha value is -3.65. The molecule has 7 rings (SSSR count). The van der Waals surface area contributed by atoms with Gasteiger partial charge in [0.2, 0.25) is 21.8 Å². The van der Waals surface area contributed by atoms with Crippen LogP contribution >= 0.6 is 11.3 Å². The van der Waals surface area contributed by atoms with E-state index < -0.39 is 55.7 Å². The Morgan fingerprint density at radius 1 is 1.07 bits per heavy atom. The molecule has 58 heavy (non-hydrogen) atoms. The van der Waals surface area contributed by atoms with Crippen molar-refractivity contribution in [1.82, 2.24) is 19.6 Å². The van der Waals surface area contributed by atoms with E-state index in [1.165, 1.54) is 0 Å². The molecule has 2 aliphatic heterocycles. The zero-order valence-electron chi connectivity index (χ0n) is 34.9. The van der Waals surface area contributed by atoms with Gasteiger partial charge in [0.1, 0.15) is 28.2 Å². The first kappa shape index (κ1) is 42.5. The molecule has 3 aliphatic carbocycles. The molecule has 12 nitrogen and oxygen atoms in total. The van der Waals surface area contributed by atoms with Crippen LogP contribution in [0.4, 0.5) is 0 Å². The third-order valence-corrected chi connectivity index (χ3v) is 15.7. The first-order valence-electron chi connectivity index (χ1n) is 21.3. The predicted molar refractivity (Wildman–Crippen MR) is 222 cm³/mol. The number of allylic oxidation sites excluding steroid dienone is 2. The number of aryl methyl sites for hydroxylation is 1. The number of thiazole rings is 1. The van der Waals surface area contributed by atoms with Crippen LogP contribution in [0.5, 0.6) is 5.75 Å². The van der Waals surface area contributed by atoms with Gasteiger partial charge in [0.15, 0.2) is 5.78 Å². The van der Waals surface area contributed by atoms with Gasteiger partial charge in [-0.3, -0.25) is 23.9 Å². The van der Waals surface area contributed by atoms with Crippen molar-refractivity contribution in [2.45, 2.75) is 166 Å². The van der Waals surface area contributed by atoms with E-state index in [0.29, 0.717) is 37.9 Å². The molecule has 4 heterocycles. The third-order valence-electron chi connectivity index (χ3n) is 12.7. The molecule has 0 unspecified atom stereocenters. The van der Waals surface area contributed by atoms with Crippen LogP contribution in [0.25, 0.3) is 10.7 Å². The molecule has 14 heteroatoms. The summed E-state index contributed by atoms with van der Waals surface area (Å²) in [6, 6.07) is 1.01. The second-order valence-electron chi connectivity index (χ2n) is 18.9. The van der Waals surface area contributed by atoms with E-state index in [1.807, 2.05) is 18.2 Å². The second-order valence-corrected chi connectivity index (χ2v) is 22.0. The van der Waals surface area contributed by atoms with Gasteiger partial charge in [0, 0.05) is 41.5 Å². The molecule has 2 aromatic heterocycles. The fourth-order valence-electron chi connectivity index (χ4n) is 8.73. The minimum atomic E-state index is -3.94. The van der Waals surface area contributed by atoms with Crippen LogP contribution in [0.2, 0.25) is 0 Å². The van der Waals surface area contributed by atoms with Crippen LogP contribution < -0.4 is 9.46 Å². The van der Waals surface area contributed by atoms with Crippen LogP contribution in [0, 0.1) is 17.3 Å². The number of sulfonamides is 1. The Morgan fingerprint density at radius 3 is 2.53 bits per heavy atom. The molecule has 0 radical (unpaired) electrons. The fraction of sp³-hybridized carbons (Fsp3) is 0.682. The topological polar surface area (TPSA) is 162 Å². The molecule has 2 amide bonds. The highest BCUT2D eigenvalue weighted by atomic mass is 32.2. The minimum absolute atomic E-state index is 0.114. The van der Waals surface area contributed by atoms with E-state index in [0.717, 1.165) is 72.6 Å². The average molecular weight is 837 g/mol. The number of hydrogen-bond acceptors (Lipinski definition) is 11. The van der Waals surface area contributed by atoms with Crippen LogP contribution in [0.15, 0.2) is 23.6 Å². The van der Waals surface area contributed by atoms with Gasteiger partial charge in [-0.05, 0) is 104 Å². The van der Waals surface area contributed by atoms with Gasteiger partial charge in [-0.25, -0.2) is 18.4 Å². The lowest BCUT2D eigenvalue weighted by atomic mass is 9.90. The van der Waals surface area contributed by atoms with Crippen molar-refractivity contribution < 1.29 is 37.1 Å². The number of nitrogens with zero attached hydrogens (tertiary/aromatic N) is 3. The molecule has 2 aromatic rings. The molecule has 316 valence electrons. The Kier molecular flexibility index (Phi) is 12.0. The highest BCUT2D eigenvalue weighted by Crippen LogP contribution is 2.57. The standard InChI is InChI=1S/C44H60N4O8S2/c1-27(2)34-26-57-39(46-34)33-22-37(31-16-12-13-17-32(31)45-33)55-30-21-35-36(49)24-44(41(52)47-58(53,54)43(6)18-19-43)23-29(44)15-11-9-7-8-10-14-28(40(51)48(35)25-30)20-38(50)56-42(3,4)5/h11,15,22,26-30,35H,7-10,12-14,16-21,23-25H2,1-6H3,(H,47,52)/b15-11-/t28-,29-,30-,35+,44-/m1/s1. The van der Waals surface area contributed by atoms with Gasteiger partial charge in [-0.1, -0.05) is 38.8 Å². The van der Waals surface area contributed by atoms with E-state index in [9.17, 15) is 27.6 Å². The van der Waals surface area contributed by atoms with E-state index in [2.05, 4.69) is 23.9 Å². The number of fused-ring (bicyclic) bond motifs is 3. The van der Waals surface area contributed by atoms with Crippen LogP contribution in [-0.2, 0) is 46.8 Å². The Bertz CT molecular complexity index is 2070. The predicted octanol–water partition coefficient (Wildman–Crippen LogP) is 7.39. The lowest BCUT2D eigenvalue weighted by Gasteiger charge is -2.29. The maximum Gasteiger partial charge on any atom is 0.307 e. The van der Waals surface area contributed by atoms with Crippen molar-refractivity contribution in [2.75, 3.05) is 6.54 Å². The zero-order valence-corrected chi connectivity index (χ0v) is 36.6. The van der Waals surface area contributed by atoms with Crippen molar-refractivity contribution in [1.29, 1.82) is 0 Å². The number of hydrogen-bond donors (Lipinski definition) is 1. The number of nitrogens with one attached hydrogen (secondary N) is 1. The number of carbonyl (C=O) groups is 4. The summed E-state index contributed by atoms with van der Waals surface area (Å²) in [5, 5.41) is 2.87. The first-order chi connectivity index (χ1) is 27.4. The zero-order chi connectivity index (χ0) is 41.6. The minimum Gasteiger partial charge on any atom is -0.488 e. The van der Waals surface area contributed by atoms with Crippen molar-refractivity contribution in [3.8, 4) is 16.5 Å². The summed E-state index contributed by atoms with van der Waals surface area (Å²) in [5.74, 6) is -1.80. The summed E-state index contributed by atoms with van der Waals surface area (Å²) in [4.78, 5) is 68.2. The second kappa shape index (κ2) is 16.4. The number of aromatic nitrogens is 2. The molecule has 0 spiro atoms. The number of Topliss-reactive ketones (excluding diaryl/α,β-unsaturated/α-hetero) is 1. The van der Waals surface area contributed by atoms with Gasteiger partial charge in [0.05, 0.1) is 34.9 Å². The normalized spacial score (nSPS) is 28.0. The van der Waals surface area contributed by atoms with E-state index in [-0.39, 0.29) is 49.3 Å². The molecule has 5 aliphatic rings. The average Bonchev–Trinajstić information content (AvgIpc) is 3.92. The van der Waals surface area contributed by atoms with E-state index in [1.54, 1.807) is 43.9 Å². The molecular formula is C44H60N4O8S2. The number of carbonyl (C=O) groups excluding carboxylic acids is 4. The molecular weight excluding hydrogens is 777 g/mol. The van der Waals surface area contributed by atoms with Crippen LogP contribution in [-0.4, -0.2) is 75.9 Å². The van der Waals surface area contributed by atoms with Crippen molar-refractivity contribution in [2.24, 2.45) is 17.3 Å². The molecule has 2 saturated carbocycles. The number of ketones is 1. The largest absolute Gasteiger partial charge is 0.488 e. The molecule has 1 N–H and O–H groups in total. The van der Waals surface area contributed by atoms with Crippen molar-refractivity contribution in [3.63, 3.8) is 0 Å². The van der Waals surface area contributed by atoms with Crippen LogP contribution in [0.3, 0.4) is 0 Å². The van der Waals surface area contributed by atoms with Crippen molar-refractivity contribution >= 4 is 44.9 Å². The van der Waals surface area contributed by atoms with Gasteiger partial charge >= 0.3 is 5.97 Å². The first-order valence-corrected chi connectivity index (χ1v) is 23.7. The summed E-state index contributed by atoms with van der Waals surface area (Å²) in [6.07, 6.45) is 11.8. The lowest BCUT2D eigenvalue weighted by molar-refractivity contribution is -0.159. The molecule has 0 bridgehead atoms. The highest BCUT2D eigenvalue weighted by molar-refractivity contribution is 7.91. The number of amides is 2. The quantitative estimate of drug-likeness (QED) is 0.199. The summed E-state index contributed by atoms with van der Waals surface area (Å²) in [5.41, 5.74) is 1.79. The Labute approximate surface area is 347 Å².